The Morgan fingerprint density at radius 1 is 0.958 bits per heavy atom. The molecule has 0 atom stereocenters. The highest BCUT2D eigenvalue weighted by Crippen LogP contribution is 2.39. The molecule has 0 saturated heterocycles. The number of nitrogens with one attached hydrogen (secondary N) is 1. The lowest BCUT2D eigenvalue weighted by molar-refractivity contribution is 0.0947. The van der Waals surface area contributed by atoms with Crippen molar-refractivity contribution in [1.82, 2.24) is 5.32 Å². The molecule has 0 unspecified atom stereocenters. The summed E-state index contributed by atoms with van der Waals surface area (Å²) in [6.45, 7) is 4.53. The van der Waals surface area contributed by atoms with Gasteiger partial charge in [-0.3, -0.25) is 4.79 Å². The van der Waals surface area contributed by atoms with E-state index < -0.39 is 0 Å². The van der Waals surface area contributed by atoms with Gasteiger partial charge in [-0.05, 0) is 37.1 Å². The molecular formula is C19H23NO4. The van der Waals surface area contributed by atoms with Crippen molar-refractivity contribution in [2.75, 3.05) is 21.3 Å². The summed E-state index contributed by atoms with van der Waals surface area (Å²) in [5, 5.41) is 2.92. The maximum Gasteiger partial charge on any atom is 0.255 e. The lowest BCUT2D eigenvalue weighted by Crippen LogP contribution is -2.24. The highest BCUT2D eigenvalue weighted by molar-refractivity contribution is 5.98. The Kier molecular flexibility index (Phi) is 5.68. The summed E-state index contributed by atoms with van der Waals surface area (Å²) >= 11 is 0. The van der Waals surface area contributed by atoms with Crippen LogP contribution in [0.5, 0.6) is 17.2 Å². The van der Waals surface area contributed by atoms with E-state index in [1.54, 1.807) is 12.1 Å². The summed E-state index contributed by atoms with van der Waals surface area (Å²) in [4.78, 5) is 12.6. The molecule has 0 fully saturated rings. The van der Waals surface area contributed by atoms with Crippen LogP contribution in [0.3, 0.4) is 0 Å². The van der Waals surface area contributed by atoms with Gasteiger partial charge in [-0.1, -0.05) is 23.8 Å². The van der Waals surface area contributed by atoms with Gasteiger partial charge in [0, 0.05) is 6.54 Å². The van der Waals surface area contributed by atoms with Crippen LogP contribution < -0.4 is 19.5 Å². The molecule has 1 N–H and O–H groups in total. The average molecular weight is 329 g/mol. The number of methoxy groups -OCH3 is 3. The van der Waals surface area contributed by atoms with Crippen LogP contribution in [0.2, 0.25) is 0 Å². The summed E-state index contributed by atoms with van der Waals surface area (Å²) in [6.07, 6.45) is 0. The van der Waals surface area contributed by atoms with Crippen molar-refractivity contribution in [3.8, 4) is 17.2 Å². The largest absolute Gasteiger partial charge is 0.493 e. The number of benzene rings is 2. The van der Waals surface area contributed by atoms with Crippen molar-refractivity contribution in [2.45, 2.75) is 20.4 Å². The van der Waals surface area contributed by atoms with Gasteiger partial charge >= 0.3 is 0 Å². The van der Waals surface area contributed by atoms with Gasteiger partial charge in [-0.15, -0.1) is 0 Å². The SMILES string of the molecule is COc1ccc(C(=O)NCc2ccc(C)cc2C)c(OC)c1OC. The summed E-state index contributed by atoms with van der Waals surface area (Å²) in [7, 11) is 4.55. The van der Waals surface area contributed by atoms with E-state index in [1.165, 1.54) is 26.9 Å². The molecule has 0 spiro atoms. The van der Waals surface area contributed by atoms with E-state index in [4.69, 9.17) is 14.2 Å². The monoisotopic (exact) mass is 329 g/mol. The summed E-state index contributed by atoms with van der Waals surface area (Å²) in [5.41, 5.74) is 3.83. The number of aryl methyl sites for hydroxylation is 2. The first kappa shape index (κ1) is 17.7. The second kappa shape index (κ2) is 7.73. The molecule has 0 aliphatic heterocycles. The topological polar surface area (TPSA) is 56.8 Å². The Hall–Kier alpha value is -2.69. The van der Waals surface area contributed by atoms with Crippen LogP contribution in [-0.4, -0.2) is 27.2 Å². The van der Waals surface area contributed by atoms with E-state index in [2.05, 4.69) is 11.4 Å². The van der Waals surface area contributed by atoms with Crippen molar-refractivity contribution >= 4 is 5.91 Å². The van der Waals surface area contributed by atoms with Gasteiger partial charge in [0.1, 0.15) is 0 Å². The van der Waals surface area contributed by atoms with Crippen LogP contribution in [0, 0.1) is 13.8 Å². The molecule has 5 heteroatoms. The molecule has 2 aromatic carbocycles. The molecule has 128 valence electrons. The molecule has 0 saturated carbocycles. The second-order valence-electron chi connectivity index (χ2n) is 5.49. The lowest BCUT2D eigenvalue weighted by atomic mass is 10.1. The highest BCUT2D eigenvalue weighted by Gasteiger charge is 2.20. The minimum atomic E-state index is -0.229. The zero-order chi connectivity index (χ0) is 17.7. The van der Waals surface area contributed by atoms with Crippen molar-refractivity contribution in [2.24, 2.45) is 0 Å². The van der Waals surface area contributed by atoms with E-state index in [0.29, 0.717) is 29.4 Å². The molecule has 0 aromatic heterocycles. The van der Waals surface area contributed by atoms with Gasteiger partial charge in [-0.2, -0.15) is 0 Å². The van der Waals surface area contributed by atoms with Crippen LogP contribution in [0.4, 0.5) is 0 Å². The molecule has 0 bridgehead atoms. The van der Waals surface area contributed by atoms with E-state index in [0.717, 1.165) is 11.1 Å². The molecule has 1 amide bonds. The third-order valence-corrected chi connectivity index (χ3v) is 3.89. The quantitative estimate of drug-likeness (QED) is 0.884. The smallest absolute Gasteiger partial charge is 0.255 e. The number of carbonyl (C=O) groups is 1. The van der Waals surface area contributed by atoms with Gasteiger partial charge < -0.3 is 19.5 Å². The Bertz CT molecular complexity index is 740. The fourth-order valence-corrected chi connectivity index (χ4v) is 2.59. The van der Waals surface area contributed by atoms with Crippen molar-refractivity contribution < 1.29 is 19.0 Å². The first-order chi connectivity index (χ1) is 11.5. The molecular weight excluding hydrogens is 306 g/mol. The Balaban J connectivity index is 2.23. The minimum absolute atomic E-state index is 0.229. The number of amides is 1. The molecule has 2 rings (SSSR count). The van der Waals surface area contributed by atoms with Crippen molar-refractivity contribution in [3.05, 3.63) is 52.6 Å². The van der Waals surface area contributed by atoms with Crippen molar-refractivity contribution in [1.29, 1.82) is 0 Å². The normalized spacial score (nSPS) is 10.2. The number of rotatable bonds is 6. The van der Waals surface area contributed by atoms with E-state index >= 15 is 0 Å². The van der Waals surface area contributed by atoms with Crippen LogP contribution in [0.25, 0.3) is 0 Å². The fraction of sp³-hybridized carbons (Fsp3) is 0.316. The maximum atomic E-state index is 12.6. The van der Waals surface area contributed by atoms with Crippen LogP contribution >= 0.6 is 0 Å². The fourth-order valence-electron chi connectivity index (χ4n) is 2.59. The number of ether oxygens (including phenoxy) is 3. The molecule has 0 radical (unpaired) electrons. The third-order valence-electron chi connectivity index (χ3n) is 3.89. The van der Waals surface area contributed by atoms with E-state index in [-0.39, 0.29) is 5.91 Å². The summed E-state index contributed by atoms with van der Waals surface area (Å²) in [5.74, 6) is 1.04. The predicted molar refractivity (Wildman–Crippen MR) is 93.2 cm³/mol. The standard InChI is InChI=1S/C19H23NO4/c1-12-6-7-14(13(2)10-12)11-20-19(21)15-8-9-16(22-3)18(24-5)17(15)23-4/h6-10H,11H2,1-5H3,(H,20,21). The molecule has 0 aliphatic carbocycles. The first-order valence-electron chi connectivity index (χ1n) is 7.65. The highest BCUT2D eigenvalue weighted by atomic mass is 16.5. The van der Waals surface area contributed by atoms with Crippen LogP contribution in [0.15, 0.2) is 30.3 Å². The zero-order valence-corrected chi connectivity index (χ0v) is 14.7. The summed E-state index contributed by atoms with van der Waals surface area (Å²) in [6, 6.07) is 9.51. The van der Waals surface area contributed by atoms with Gasteiger partial charge in [0.05, 0.1) is 26.9 Å². The maximum absolute atomic E-state index is 12.6. The van der Waals surface area contributed by atoms with E-state index in [9.17, 15) is 4.79 Å². The third kappa shape index (κ3) is 3.62. The molecule has 5 nitrogen and oxygen atoms in total. The van der Waals surface area contributed by atoms with Gasteiger partial charge in [-0.25, -0.2) is 0 Å². The molecule has 0 aliphatic rings. The predicted octanol–water partition coefficient (Wildman–Crippen LogP) is 3.26. The zero-order valence-electron chi connectivity index (χ0n) is 14.7. The molecule has 24 heavy (non-hydrogen) atoms. The molecule has 2 aromatic rings. The van der Waals surface area contributed by atoms with Gasteiger partial charge in [0.2, 0.25) is 5.75 Å². The summed E-state index contributed by atoms with van der Waals surface area (Å²) < 4.78 is 15.9. The minimum Gasteiger partial charge on any atom is -0.493 e. The van der Waals surface area contributed by atoms with Gasteiger partial charge in [0.25, 0.3) is 5.91 Å². The average Bonchev–Trinajstić information content (AvgIpc) is 2.59. The Morgan fingerprint density at radius 3 is 2.25 bits per heavy atom. The number of carbonyl (C=O) groups excluding carboxylic acids is 1. The molecule has 0 heterocycles. The Labute approximate surface area is 142 Å². The lowest BCUT2D eigenvalue weighted by Gasteiger charge is -2.16. The number of hydrogen-bond acceptors (Lipinski definition) is 4. The Morgan fingerprint density at radius 2 is 1.67 bits per heavy atom. The van der Waals surface area contributed by atoms with Crippen LogP contribution in [0.1, 0.15) is 27.0 Å². The van der Waals surface area contributed by atoms with Crippen molar-refractivity contribution in [3.63, 3.8) is 0 Å². The van der Waals surface area contributed by atoms with Crippen LogP contribution in [-0.2, 0) is 6.54 Å². The van der Waals surface area contributed by atoms with E-state index in [1.807, 2.05) is 26.0 Å². The second-order valence-corrected chi connectivity index (χ2v) is 5.49. The number of hydrogen-bond donors (Lipinski definition) is 1. The van der Waals surface area contributed by atoms with Gasteiger partial charge in [0.15, 0.2) is 11.5 Å². The first-order valence-corrected chi connectivity index (χ1v) is 7.65.